The van der Waals surface area contributed by atoms with Gasteiger partial charge in [0.15, 0.2) is 0 Å². The van der Waals surface area contributed by atoms with E-state index in [2.05, 4.69) is 16.7 Å². The van der Waals surface area contributed by atoms with Gasteiger partial charge in [0.25, 0.3) is 0 Å². The summed E-state index contributed by atoms with van der Waals surface area (Å²) in [5.41, 5.74) is 0.679. The highest BCUT2D eigenvalue weighted by atomic mass is 32.2. The molecule has 1 saturated carbocycles. The third kappa shape index (κ3) is 3.31. The molecule has 0 aromatic carbocycles. The van der Waals surface area contributed by atoms with Crippen LogP contribution < -0.4 is 4.72 Å². The summed E-state index contributed by atoms with van der Waals surface area (Å²) in [5.74, 6) is 0.382. The summed E-state index contributed by atoms with van der Waals surface area (Å²) in [6.07, 6.45) is 4.81. The van der Waals surface area contributed by atoms with Gasteiger partial charge in [-0.3, -0.25) is 0 Å². The fourth-order valence-electron chi connectivity index (χ4n) is 2.97. The standard InChI is InChI=1S/C14H23N3O3S/c1-16-5-4-11(8-16)7-15-21(19,20)14-6-13(10-18)17(9-14)12-2-3-12/h6,9,11-12,15,18H,2-5,7-8,10H2,1H3. The van der Waals surface area contributed by atoms with E-state index in [9.17, 15) is 13.5 Å². The zero-order valence-corrected chi connectivity index (χ0v) is 13.1. The highest BCUT2D eigenvalue weighted by Gasteiger charge is 2.28. The summed E-state index contributed by atoms with van der Waals surface area (Å²) < 4.78 is 29.4. The van der Waals surface area contributed by atoms with Gasteiger partial charge >= 0.3 is 0 Å². The van der Waals surface area contributed by atoms with E-state index in [-0.39, 0.29) is 11.5 Å². The number of nitrogens with zero attached hydrogens (tertiary/aromatic N) is 2. The van der Waals surface area contributed by atoms with Gasteiger partial charge in [-0.15, -0.1) is 0 Å². The number of aliphatic hydroxyl groups excluding tert-OH is 1. The molecule has 2 fully saturated rings. The SMILES string of the molecule is CN1CCC(CNS(=O)(=O)c2cc(CO)n(C3CC3)c2)C1. The fraction of sp³-hybridized carbons (Fsp3) is 0.714. The maximum absolute atomic E-state index is 12.4. The molecule has 2 aliphatic rings. The molecular weight excluding hydrogens is 290 g/mol. The Hall–Kier alpha value is -0.890. The minimum absolute atomic E-state index is 0.126. The summed E-state index contributed by atoms with van der Waals surface area (Å²) >= 11 is 0. The van der Waals surface area contributed by atoms with Crippen LogP contribution in [0, 0.1) is 5.92 Å². The molecule has 1 saturated heterocycles. The molecule has 1 aromatic heterocycles. The van der Waals surface area contributed by atoms with Crippen LogP contribution in [0.15, 0.2) is 17.2 Å². The lowest BCUT2D eigenvalue weighted by molar-refractivity contribution is 0.270. The van der Waals surface area contributed by atoms with E-state index in [1.165, 1.54) is 0 Å². The first-order chi connectivity index (χ1) is 9.99. The summed E-state index contributed by atoms with van der Waals surface area (Å²) in [6, 6.07) is 1.95. The Bertz CT molecular complexity index is 607. The Morgan fingerprint density at radius 2 is 2.14 bits per heavy atom. The molecule has 7 heteroatoms. The second-order valence-corrected chi connectivity index (χ2v) is 8.00. The molecule has 1 aliphatic carbocycles. The van der Waals surface area contributed by atoms with Crippen LogP contribution in [0.25, 0.3) is 0 Å². The number of rotatable bonds is 6. The molecule has 0 spiro atoms. The van der Waals surface area contributed by atoms with E-state index in [1.54, 1.807) is 12.3 Å². The third-order valence-corrected chi connectivity index (χ3v) is 5.76. The number of hydrogen-bond donors (Lipinski definition) is 2. The molecule has 0 bridgehead atoms. The lowest BCUT2D eigenvalue weighted by Crippen LogP contribution is -2.30. The number of aliphatic hydroxyl groups is 1. The van der Waals surface area contributed by atoms with Crippen LogP contribution in [0.5, 0.6) is 0 Å². The first kappa shape index (κ1) is 15.0. The molecule has 6 nitrogen and oxygen atoms in total. The number of likely N-dealkylation sites (tertiary alicyclic amines) is 1. The smallest absolute Gasteiger partial charge is 0.242 e. The first-order valence-electron chi connectivity index (χ1n) is 7.49. The van der Waals surface area contributed by atoms with Crippen LogP contribution in [0.1, 0.15) is 31.0 Å². The minimum Gasteiger partial charge on any atom is -0.390 e. The largest absolute Gasteiger partial charge is 0.390 e. The zero-order chi connectivity index (χ0) is 15.0. The second-order valence-electron chi connectivity index (χ2n) is 6.23. The third-order valence-electron chi connectivity index (χ3n) is 4.37. The Morgan fingerprint density at radius 1 is 1.38 bits per heavy atom. The summed E-state index contributed by atoms with van der Waals surface area (Å²) in [6.45, 7) is 2.32. The predicted octanol–water partition coefficient (Wildman–Crippen LogP) is 0.545. The van der Waals surface area contributed by atoms with Crippen LogP contribution in [-0.2, 0) is 16.6 Å². The highest BCUT2D eigenvalue weighted by Crippen LogP contribution is 2.37. The normalized spacial score (nSPS) is 23.8. The Balaban J connectivity index is 1.69. The zero-order valence-electron chi connectivity index (χ0n) is 12.3. The molecule has 0 amide bonds. The van der Waals surface area contributed by atoms with Crippen LogP contribution in [0.4, 0.5) is 0 Å². The van der Waals surface area contributed by atoms with Crippen LogP contribution in [0.2, 0.25) is 0 Å². The minimum atomic E-state index is -3.48. The van der Waals surface area contributed by atoms with Crippen molar-refractivity contribution in [3.8, 4) is 0 Å². The van der Waals surface area contributed by atoms with Gasteiger partial charge in [0, 0.05) is 31.0 Å². The highest BCUT2D eigenvalue weighted by molar-refractivity contribution is 7.89. The van der Waals surface area contributed by atoms with Crippen molar-refractivity contribution < 1.29 is 13.5 Å². The average Bonchev–Trinajstić information content (AvgIpc) is 3.05. The van der Waals surface area contributed by atoms with Gasteiger partial charge in [-0.25, -0.2) is 13.1 Å². The second kappa shape index (κ2) is 5.72. The Kier molecular flexibility index (Phi) is 4.09. The van der Waals surface area contributed by atoms with E-state index in [1.807, 2.05) is 4.57 Å². The van der Waals surface area contributed by atoms with Crippen molar-refractivity contribution in [1.29, 1.82) is 0 Å². The number of sulfonamides is 1. The van der Waals surface area contributed by atoms with Gasteiger partial charge in [0.2, 0.25) is 10.0 Å². The summed E-state index contributed by atoms with van der Waals surface area (Å²) in [4.78, 5) is 2.48. The maximum atomic E-state index is 12.4. The molecule has 2 heterocycles. The summed E-state index contributed by atoms with van der Waals surface area (Å²) in [5, 5.41) is 9.36. The lowest BCUT2D eigenvalue weighted by atomic mass is 10.1. The van der Waals surface area contributed by atoms with Gasteiger partial charge in [0.1, 0.15) is 0 Å². The van der Waals surface area contributed by atoms with E-state index in [0.29, 0.717) is 24.2 Å². The predicted molar refractivity (Wildman–Crippen MR) is 79.4 cm³/mol. The molecule has 1 unspecified atom stereocenters. The molecule has 118 valence electrons. The van der Waals surface area contributed by atoms with Crippen molar-refractivity contribution in [3.63, 3.8) is 0 Å². The van der Waals surface area contributed by atoms with Crippen LogP contribution in [-0.4, -0.2) is 49.7 Å². The number of hydrogen-bond acceptors (Lipinski definition) is 4. The molecular formula is C14H23N3O3S. The average molecular weight is 313 g/mol. The van der Waals surface area contributed by atoms with Gasteiger partial charge in [-0.1, -0.05) is 0 Å². The van der Waals surface area contributed by atoms with Crippen molar-refractivity contribution in [1.82, 2.24) is 14.2 Å². The quantitative estimate of drug-likeness (QED) is 0.804. The molecule has 1 aromatic rings. The Labute approximate surface area is 125 Å². The van der Waals surface area contributed by atoms with Crippen LogP contribution >= 0.6 is 0 Å². The van der Waals surface area contributed by atoms with Crippen molar-refractivity contribution in [2.75, 3.05) is 26.7 Å². The number of aromatic nitrogens is 1. The van der Waals surface area contributed by atoms with Gasteiger partial charge in [0.05, 0.1) is 11.5 Å². The van der Waals surface area contributed by atoms with Crippen molar-refractivity contribution in [3.05, 3.63) is 18.0 Å². The van der Waals surface area contributed by atoms with Crippen molar-refractivity contribution in [2.45, 2.75) is 36.8 Å². The maximum Gasteiger partial charge on any atom is 0.242 e. The lowest BCUT2D eigenvalue weighted by Gasteiger charge is -2.11. The van der Waals surface area contributed by atoms with E-state index >= 15 is 0 Å². The molecule has 2 N–H and O–H groups in total. The number of nitrogens with one attached hydrogen (secondary N) is 1. The van der Waals surface area contributed by atoms with Crippen molar-refractivity contribution in [2.24, 2.45) is 5.92 Å². The summed E-state index contributed by atoms with van der Waals surface area (Å²) in [7, 11) is -1.43. The Morgan fingerprint density at radius 3 is 2.71 bits per heavy atom. The first-order valence-corrected chi connectivity index (χ1v) is 8.98. The van der Waals surface area contributed by atoms with Gasteiger partial charge < -0.3 is 14.6 Å². The molecule has 0 radical (unpaired) electrons. The molecule has 21 heavy (non-hydrogen) atoms. The van der Waals surface area contributed by atoms with E-state index in [4.69, 9.17) is 0 Å². The van der Waals surface area contributed by atoms with Crippen molar-refractivity contribution >= 4 is 10.0 Å². The fourth-order valence-corrected chi connectivity index (χ4v) is 4.13. The molecule has 1 aliphatic heterocycles. The van der Waals surface area contributed by atoms with Gasteiger partial charge in [-0.2, -0.15) is 0 Å². The van der Waals surface area contributed by atoms with E-state index < -0.39 is 10.0 Å². The monoisotopic (exact) mass is 313 g/mol. The topological polar surface area (TPSA) is 74.6 Å². The molecule has 1 atom stereocenters. The van der Waals surface area contributed by atoms with Crippen LogP contribution in [0.3, 0.4) is 0 Å². The van der Waals surface area contributed by atoms with Gasteiger partial charge in [-0.05, 0) is 44.8 Å². The molecule has 3 rings (SSSR count). The van der Waals surface area contributed by atoms with E-state index in [0.717, 1.165) is 32.4 Å².